The molecule has 7 nitrogen and oxygen atoms in total. The first-order valence-corrected chi connectivity index (χ1v) is 12.4. The second kappa shape index (κ2) is 9.46. The average Bonchev–Trinajstić information content (AvgIpc) is 3.47. The number of carbonyl (C=O) groups is 3. The summed E-state index contributed by atoms with van der Waals surface area (Å²) in [6, 6.07) is 20.4. The molecule has 1 aliphatic heterocycles. The Hall–Kier alpha value is -3.78. The topological polar surface area (TPSA) is 95.9 Å². The van der Waals surface area contributed by atoms with Gasteiger partial charge in [-0.15, -0.1) is 11.8 Å². The van der Waals surface area contributed by atoms with Gasteiger partial charge >= 0.3 is 12.1 Å². The van der Waals surface area contributed by atoms with Gasteiger partial charge in [0.25, 0.3) is 5.91 Å². The summed E-state index contributed by atoms with van der Waals surface area (Å²) in [6.07, 6.45) is -0.573. The smallest absolute Gasteiger partial charge is 0.411 e. The van der Waals surface area contributed by atoms with Crippen molar-refractivity contribution in [2.75, 3.05) is 23.6 Å². The SMILES string of the molecule is Cc1cc(C(=O)N2CSC[C@H]2C(=O)O)ccc1NC(=O)OCC1c2ccccc2-c2ccccc21. The monoisotopic (exact) mass is 488 g/mol. The van der Waals surface area contributed by atoms with Crippen molar-refractivity contribution in [2.24, 2.45) is 0 Å². The largest absolute Gasteiger partial charge is 0.480 e. The van der Waals surface area contributed by atoms with Crippen LogP contribution in [0.15, 0.2) is 66.7 Å². The Kier molecular flexibility index (Phi) is 6.21. The molecule has 178 valence electrons. The van der Waals surface area contributed by atoms with Gasteiger partial charge in [-0.05, 0) is 52.9 Å². The molecule has 3 aromatic rings. The van der Waals surface area contributed by atoms with E-state index < -0.39 is 18.1 Å². The molecule has 2 amide bonds. The summed E-state index contributed by atoms with van der Waals surface area (Å²) in [5, 5.41) is 12.1. The molecule has 1 heterocycles. The summed E-state index contributed by atoms with van der Waals surface area (Å²) in [4.78, 5) is 38.2. The molecule has 0 spiro atoms. The van der Waals surface area contributed by atoms with Crippen LogP contribution < -0.4 is 5.32 Å². The van der Waals surface area contributed by atoms with E-state index >= 15 is 0 Å². The number of fused-ring (bicyclic) bond motifs is 3. The summed E-state index contributed by atoms with van der Waals surface area (Å²) in [5.74, 6) is -0.655. The quantitative estimate of drug-likeness (QED) is 0.527. The molecule has 0 bridgehead atoms. The number of anilines is 1. The lowest BCUT2D eigenvalue weighted by Crippen LogP contribution is -2.41. The van der Waals surface area contributed by atoms with Crippen LogP contribution in [0, 0.1) is 6.92 Å². The Morgan fingerprint density at radius 1 is 1.03 bits per heavy atom. The molecule has 2 N–H and O–H groups in total. The summed E-state index contributed by atoms with van der Waals surface area (Å²) in [5.41, 5.74) is 6.20. The van der Waals surface area contributed by atoms with Gasteiger partial charge in [0.2, 0.25) is 0 Å². The van der Waals surface area contributed by atoms with Crippen LogP contribution in [0.5, 0.6) is 0 Å². The Balaban J connectivity index is 1.25. The van der Waals surface area contributed by atoms with Crippen molar-refractivity contribution in [3.8, 4) is 11.1 Å². The van der Waals surface area contributed by atoms with Gasteiger partial charge in [-0.25, -0.2) is 9.59 Å². The summed E-state index contributed by atoms with van der Waals surface area (Å²) in [7, 11) is 0. The molecular formula is C27H24N2O5S. The van der Waals surface area contributed by atoms with Gasteiger partial charge in [-0.1, -0.05) is 48.5 Å². The van der Waals surface area contributed by atoms with Crippen molar-refractivity contribution in [1.82, 2.24) is 4.90 Å². The number of rotatable bonds is 5. The van der Waals surface area contributed by atoms with Gasteiger partial charge in [0.05, 0.1) is 5.88 Å². The van der Waals surface area contributed by atoms with Crippen LogP contribution in [0.25, 0.3) is 11.1 Å². The molecule has 3 aromatic carbocycles. The summed E-state index contributed by atoms with van der Waals surface area (Å²) >= 11 is 1.42. The first kappa shape index (κ1) is 23.0. The third-order valence-electron chi connectivity index (χ3n) is 6.48. The van der Waals surface area contributed by atoms with Crippen molar-refractivity contribution >= 4 is 35.4 Å². The molecule has 1 fully saturated rings. The number of amides is 2. The van der Waals surface area contributed by atoms with Crippen molar-refractivity contribution in [1.29, 1.82) is 0 Å². The molecule has 0 radical (unpaired) electrons. The number of carboxylic acids is 1. The maximum Gasteiger partial charge on any atom is 0.411 e. The molecule has 0 unspecified atom stereocenters. The van der Waals surface area contributed by atoms with Crippen LogP contribution in [-0.2, 0) is 9.53 Å². The molecule has 35 heavy (non-hydrogen) atoms. The number of aryl methyl sites for hydroxylation is 1. The highest BCUT2D eigenvalue weighted by Gasteiger charge is 2.35. The van der Waals surface area contributed by atoms with E-state index in [2.05, 4.69) is 29.6 Å². The zero-order valence-corrected chi connectivity index (χ0v) is 19.9. The van der Waals surface area contributed by atoms with Crippen LogP contribution in [0.4, 0.5) is 10.5 Å². The highest BCUT2D eigenvalue weighted by Crippen LogP contribution is 2.44. The fourth-order valence-corrected chi connectivity index (χ4v) is 5.84. The van der Waals surface area contributed by atoms with Crippen LogP contribution in [0.1, 0.15) is 33.0 Å². The van der Waals surface area contributed by atoms with E-state index in [1.54, 1.807) is 25.1 Å². The first-order valence-electron chi connectivity index (χ1n) is 11.3. The molecule has 1 aliphatic carbocycles. The van der Waals surface area contributed by atoms with Gasteiger partial charge in [-0.2, -0.15) is 0 Å². The van der Waals surface area contributed by atoms with Crippen LogP contribution in [0.2, 0.25) is 0 Å². The van der Waals surface area contributed by atoms with Gasteiger partial charge in [0, 0.05) is 22.9 Å². The second-order valence-corrected chi connectivity index (χ2v) is 9.61. The number of benzene rings is 3. The maximum absolute atomic E-state index is 12.8. The minimum absolute atomic E-state index is 0.0326. The molecule has 1 atom stereocenters. The first-order chi connectivity index (χ1) is 16.9. The predicted octanol–water partition coefficient (Wildman–Crippen LogP) is 4.96. The third kappa shape index (κ3) is 4.37. The number of ether oxygens (including phenoxy) is 1. The van der Waals surface area contributed by atoms with Crippen LogP contribution in [0.3, 0.4) is 0 Å². The van der Waals surface area contributed by atoms with Crippen LogP contribution >= 0.6 is 11.8 Å². The molecular weight excluding hydrogens is 464 g/mol. The van der Waals surface area contributed by atoms with E-state index in [1.807, 2.05) is 24.3 Å². The Labute approximate surface area is 207 Å². The number of hydrogen-bond acceptors (Lipinski definition) is 5. The maximum atomic E-state index is 12.8. The highest BCUT2D eigenvalue weighted by molar-refractivity contribution is 7.99. The lowest BCUT2D eigenvalue weighted by Gasteiger charge is -2.21. The van der Waals surface area contributed by atoms with Gasteiger partial charge < -0.3 is 14.7 Å². The summed E-state index contributed by atoms with van der Waals surface area (Å²) < 4.78 is 5.60. The van der Waals surface area contributed by atoms with Gasteiger partial charge in [0.15, 0.2) is 0 Å². The van der Waals surface area contributed by atoms with Crippen molar-refractivity contribution < 1.29 is 24.2 Å². The number of nitrogens with one attached hydrogen (secondary N) is 1. The fraction of sp³-hybridized carbons (Fsp3) is 0.222. The van der Waals surface area contributed by atoms with E-state index in [9.17, 15) is 19.5 Å². The molecule has 0 saturated carbocycles. The van der Waals surface area contributed by atoms with E-state index in [1.165, 1.54) is 16.7 Å². The minimum atomic E-state index is -1.01. The van der Waals surface area contributed by atoms with E-state index in [0.717, 1.165) is 22.3 Å². The standard InChI is InChI=1S/C27H24N2O5S/c1-16-12-17(25(30)29-15-35-14-24(29)26(31)32)10-11-23(16)28-27(33)34-13-22-20-8-4-2-6-18(20)19-7-3-5-9-21(19)22/h2-12,22,24H,13-15H2,1H3,(H,28,33)(H,31,32)/t24-/m0/s1. The molecule has 2 aliphatic rings. The zero-order chi connectivity index (χ0) is 24.5. The van der Waals surface area contributed by atoms with Gasteiger partial charge in [-0.3, -0.25) is 10.1 Å². The van der Waals surface area contributed by atoms with Crippen molar-refractivity contribution in [2.45, 2.75) is 18.9 Å². The normalized spacial score (nSPS) is 16.5. The van der Waals surface area contributed by atoms with Crippen molar-refractivity contribution in [3.63, 3.8) is 0 Å². The molecule has 8 heteroatoms. The molecule has 0 aromatic heterocycles. The number of carbonyl (C=O) groups excluding carboxylic acids is 2. The average molecular weight is 489 g/mol. The zero-order valence-electron chi connectivity index (χ0n) is 19.1. The summed E-state index contributed by atoms with van der Waals surface area (Å²) in [6.45, 7) is 1.99. The molecule has 5 rings (SSSR count). The van der Waals surface area contributed by atoms with Crippen molar-refractivity contribution in [3.05, 3.63) is 89.0 Å². The van der Waals surface area contributed by atoms with E-state index in [-0.39, 0.29) is 18.4 Å². The van der Waals surface area contributed by atoms with E-state index in [0.29, 0.717) is 28.4 Å². The number of nitrogens with zero attached hydrogens (tertiary/aromatic N) is 1. The second-order valence-electron chi connectivity index (χ2n) is 8.61. The third-order valence-corrected chi connectivity index (χ3v) is 7.49. The fourth-order valence-electron chi connectivity index (χ4n) is 4.69. The lowest BCUT2D eigenvalue weighted by atomic mass is 9.98. The Bertz CT molecular complexity index is 1280. The van der Waals surface area contributed by atoms with Gasteiger partial charge in [0.1, 0.15) is 12.6 Å². The highest BCUT2D eigenvalue weighted by atomic mass is 32.2. The van der Waals surface area contributed by atoms with E-state index in [4.69, 9.17) is 4.74 Å². The van der Waals surface area contributed by atoms with Crippen LogP contribution in [-0.4, -0.2) is 52.3 Å². The predicted molar refractivity (Wildman–Crippen MR) is 135 cm³/mol. The number of carboxylic acid groups (broad SMARTS) is 1. The minimum Gasteiger partial charge on any atom is -0.480 e. The Morgan fingerprint density at radius 2 is 1.69 bits per heavy atom. The Morgan fingerprint density at radius 3 is 2.31 bits per heavy atom. The number of aliphatic carboxylic acids is 1. The molecule has 1 saturated heterocycles. The lowest BCUT2D eigenvalue weighted by molar-refractivity contribution is -0.140. The number of thioether (sulfide) groups is 1. The number of hydrogen-bond donors (Lipinski definition) is 2.